The van der Waals surface area contributed by atoms with Crippen LogP contribution >= 0.6 is 0 Å². The molecule has 0 aliphatic heterocycles. The van der Waals surface area contributed by atoms with Crippen LogP contribution in [0.15, 0.2) is 6.33 Å². The van der Waals surface area contributed by atoms with Gasteiger partial charge in [-0.2, -0.15) is 0 Å². The van der Waals surface area contributed by atoms with Gasteiger partial charge in [0.15, 0.2) is 0 Å². The zero-order chi connectivity index (χ0) is 10.9. The van der Waals surface area contributed by atoms with Gasteiger partial charge in [0.25, 0.3) is 0 Å². The van der Waals surface area contributed by atoms with Crippen LogP contribution in [0.5, 0.6) is 0 Å². The molecule has 0 amide bonds. The second-order valence-corrected chi connectivity index (χ2v) is 3.49. The highest BCUT2D eigenvalue weighted by Crippen LogP contribution is 1.95. The van der Waals surface area contributed by atoms with Gasteiger partial charge in [-0.3, -0.25) is 0 Å². The van der Waals surface area contributed by atoms with Crippen LogP contribution < -0.4 is 5.32 Å². The smallest absolute Gasteiger partial charge is 0.146 e. The van der Waals surface area contributed by atoms with Gasteiger partial charge in [0.05, 0.1) is 6.54 Å². The van der Waals surface area contributed by atoms with Crippen LogP contribution in [0.1, 0.15) is 32.0 Å². The third-order valence-electron chi connectivity index (χ3n) is 2.33. The van der Waals surface area contributed by atoms with Gasteiger partial charge in [-0.1, -0.05) is 0 Å². The summed E-state index contributed by atoms with van der Waals surface area (Å²) in [5.41, 5.74) is 0. The Labute approximate surface area is 90.5 Å². The van der Waals surface area contributed by atoms with Gasteiger partial charge < -0.3 is 15.0 Å². The summed E-state index contributed by atoms with van der Waals surface area (Å²) in [6.45, 7) is 5.02. The number of unbranched alkanes of at least 4 members (excludes halogenated alkanes) is 2. The van der Waals surface area contributed by atoms with E-state index in [1.165, 1.54) is 0 Å². The lowest BCUT2D eigenvalue weighted by Gasteiger charge is -2.05. The van der Waals surface area contributed by atoms with E-state index in [9.17, 15) is 0 Å². The van der Waals surface area contributed by atoms with Crippen molar-refractivity contribution in [3.63, 3.8) is 0 Å². The highest BCUT2D eigenvalue weighted by Gasteiger charge is 2.00. The number of aliphatic hydroxyl groups is 1. The van der Waals surface area contributed by atoms with Crippen LogP contribution in [0.3, 0.4) is 0 Å². The Morgan fingerprint density at radius 2 is 2.27 bits per heavy atom. The van der Waals surface area contributed by atoms with Crippen molar-refractivity contribution in [1.82, 2.24) is 20.1 Å². The second-order valence-electron chi connectivity index (χ2n) is 3.49. The van der Waals surface area contributed by atoms with E-state index in [0.29, 0.717) is 6.61 Å². The van der Waals surface area contributed by atoms with Crippen molar-refractivity contribution in [3.8, 4) is 0 Å². The molecule has 0 spiro atoms. The van der Waals surface area contributed by atoms with Crippen LogP contribution in [-0.4, -0.2) is 33.0 Å². The van der Waals surface area contributed by atoms with Gasteiger partial charge in [0.1, 0.15) is 12.2 Å². The second kappa shape index (κ2) is 7.36. The fraction of sp³-hybridized carbons (Fsp3) is 0.800. The van der Waals surface area contributed by atoms with Gasteiger partial charge >= 0.3 is 0 Å². The Kier molecular flexibility index (Phi) is 5.96. The van der Waals surface area contributed by atoms with Gasteiger partial charge in [-0.15, -0.1) is 10.2 Å². The summed E-state index contributed by atoms with van der Waals surface area (Å²) in [5.74, 6) is 0.986. The van der Waals surface area contributed by atoms with Crippen LogP contribution in [0.4, 0.5) is 0 Å². The molecular weight excluding hydrogens is 192 g/mol. The largest absolute Gasteiger partial charge is 0.396 e. The molecule has 0 atom stereocenters. The molecule has 1 aromatic rings. The first-order chi connectivity index (χ1) is 7.38. The first-order valence-electron chi connectivity index (χ1n) is 5.56. The van der Waals surface area contributed by atoms with Crippen molar-refractivity contribution < 1.29 is 5.11 Å². The molecule has 2 N–H and O–H groups in total. The maximum atomic E-state index is 8.60. The summed E-state index contributed by atoms with van der Waals surface area (Å²) < 4.78 is 2.03. The number of nitrogens with one attached hydrogen (secondary N) is 1. The van der Waals surface area contributed by atoms with E-state index in [4.69, 9.17) is 5.11 Å². The molecule has 0 unspecified atom stereocenters. The zero-order valence-corrected chi connectivity index (χ0v) is 9.32. The minimum atomic E-state index is 0.296. The summed E-state index contributed by atoms with van der Waals surface area (Å²) in [5, 5.41) is 19.8. The Balaban J connectivity index is 2.09. The first kappa shape index (κ1) is 12.1. The highest BCUT2D eigenvalue weighted by molar-refractivity contribution is 4.84. The molecule has 86 valence electrons. The summed E-state index contributed by atoms with van der Waals surface area (Å²) in [6.07, 6.45) is 4.82. The normalized spacial score (nSPS) is 10.8. The Morgan fingerprint density at radius 1 is 1.40 bits per heavy atom. The molecule has 15 heavy (non-hydrogen) atoms. The Bertz CT molecular complexity index is 262. The molecule has 1 rings (SSSR count). The molecule has 0 aliphatic rings. The van der Waals surface area contributed by atoms with Crippen molar-refractivity contribution in [2.75, 3.05) is 13.2 Å². The number of aryl methyl sites for hydroxylation is 1. The van der Waals surface area contributed by atoms with Crippen LogP contribution in [0.25, 0.3) is 0 Å². The van der Waals surface area contributed by atoms with Gasteiger partial charge in [0, 0.05) is 13.2 Å². The molecule has 5 heteroatoms. The molecule has 5 nitrogen and oxygen atoms in total. The summed E-state index contributed by atoms with van der Waals surface area (Å²) >= 11 is 0. The molecule has 0 bridgehead atoms. The van der Waals surface area contributed by atoms with Crippen LogP contribution in [0, 0.1) is 0 Å². The molecule has 0 saturated heterocycles. The highest BCUT2D eigenvalue weighted by atomic mass is 16.2. The maximum Gasteiger partial charge on any atom is 0.146 e. The third kappa shape index (κ3) is 4.40. The number of aromatic nitrogens is 3. The van der Waals surface area contributed by atoms with E-state index in [1.807, 2.05) is 4.57 Å². The predicted molar refractivity (Wildman–Crippen MR) is 58.3 cm³/mol. The number of nitrogens with zero attached hydrogens (tertiary/aromatic N) is 3. The van der Waals surface area contributed by atoms with E-state index in [1.54, 1.807) is 6.33 Å². The molecule has 0 radical (unpaired) electrons. The monoisotopic (exact) mass is 212 g/mol. The van der Waals surface area contributed by atoms with E-state index in [2.05, 4.69) is 22.4 Å². The lowest BCUT2D eigenvalue weighted by atomic mass is 10.2. The predicted octanol–water partition coefficient (Wildman–Crippen LogP) is 0.550. The van der Waals surface area contributed by atoms with Gasteiger partial charge in [-0.05, 0) is 32.7 Å². The SMILES string of the molecule is CCn1cnnc1CNCCCCCO. The van der Waals surface area contributed by atoms with Crippen molar-refractivity contribution in [1.29, 1.82) is 0 Å². The number of rotatable bonds is 8. The van der Waals surface area contributed by atoms with Crippen LogP contribution in [-0.2, 0) is 13.1 Å². The van der Waals surface area contributed by atoms with Crippen LogP contribution in [0.2, 0.25) is 0 Å². The number of aliphatic hydroxyl groups excluding tert-OH is 1. The van der Waals surface area contributed by atoms with Crippen molar-refractivity contribution in [3.05, 3.63) is 12.2 Å². The topological polar surface area (TPSA) is 63.0 Å². The summed E-state index contributed by atoms with van der Waals surface area (Å²) in [7, 11) is 0. The van der Waals surface area contributed by atoms with E-state index >= 15 is 0 Å². The van der Waals surface area contributed by atoms with Crippen molar-refractivity contribution in [2.24, 2.45) is 0 Å². The first-order valence-corrected chi connectivity index (χ1v) is 5.56. The fourth-order valence-corrected chi connectivity index (χ4v) is 1.42. The molecule has 1 aromatic heterocycles. The maximum absolute atomic E-state index is 8.60. The molecule has 0 saturated carbocycles. The molecule has 0 fully saturated rings. The summed E-state index contributed by atoms with van der Waals surface area (Å²) in [6, 6.07) is 0. The van der Waals surface area contributed by atoms with E-state index < -0.39 is 0 Å². The Hall–Kier alpha value is -0.940. The molecule has 0 aromatic carbocycles. The van der Waals surface area contributed by atoms with E-state index in [0.717, 1.165) is 44.7 Å². The average Bonchev–Trinajstić information content (AvgIpc) is 2.70. The molecule has 1 heterocycles. The Morgan fingerprint density at radius 3 is 3.00 bits per heavy atom. The standard InChI is InChI=1S/C10H20N4O/c1-2-14-9-12-13-10(14)8-11-6-4-3-5-7-15/h9,11,15H,2-8H2,1H3. The van der Waals surface area contributed by atoms with Crippen molar-refractivity contribution in [2.45, 2.75) is 39.3 Å². The van der Waals surface area contributed by atoms with E-state index in [-0.39, 0.29) is 0 Å². The fourth-order valence-electron chi connectivity index (χ4n) is 1.42. The minimum Gasteiger partial charge on any atom is -0.396 e. The summed E-state index contributed by atoms with van der Waals surface area (Å²) in [4.78, 5) is 0. The quantitative estimate of drug-likeness (QED) is 0.618. The average molecular weight is 212 g/mol. The van der Waals surface area contributed by atoms with Crippen molar-refractivity contribution >= 4 is 0 Å². The molecular formula is C10H20N4O. The van der Waals surface area contributed by atoms with Gasteiger partial charge in [0.2, 0.25) is 0 Å². The zero-order valence-electron chi connectivity index (χ0n) is 9.32. The molecule has 0 aliphatic carbocycles. The minimum absolute atomic E-state index is 0.296. The lowest BCUT2D eigenvalue weighted by molar-refractivity contribution is 0.283. The number of hydrogen-bond acceptors (Lipinski definition) is 4. The number of hydrogen-bond donors (Lipinski definition) is 2. The third-order valence-corrected chi connectivity index (χ3v) is 2.33. The van der Waals surface area contributed by atoms with Gasteiger partial charge in [-0.25, -0.2) is 0 Å². The lowest BCUT2D eigenvalue weighted by Crippen LogP contribution is -2.18.